The van der Waals surface area contributed by atoms with Gasteiger partial charge in [0.25, 0.3) is 5.91 Å². The summed E-state index contributed by atoms with van der Waals surface area (Å²) >= 11 is 1.44. The van der Waals surface area contributed by atoms with Gasteiger partial charge in [-0.1, -0.05) is 37.3 Å². The molecule has 0 fully saturated rings. The van der Waals surface area contributed by atoms with Crippen LogP contribution in [0.1, 0.15) is 48.4 Å². The largest absolute Gasteiger partial charge is 0.477 e. The third kappa shape index (κ3) is 6.51. The summed E-state index contributed by atoms with van der Waals surface area (Å²) < 4.78 is 6.98. The monoisotopic (exact) mass is 490 g/mol. The van der Waals surface area contributed by atoms with E-state index in [1.807, 2.05) is 37.3 Å². The summed E-state index contributed by atoms with van der Waals surface area (Å²) in [4.78, 5) is 33.3. The first-order valence-corrected chi connectivity index (χ1v) is 12.7. The number of pyridine rings is 1. The molecule has 1 amide bonds. The molecule has 4 rings (SSSR count). The molecule has 0 atom stereocenters. The predicted octanol–water partition coefficient (Wildman–Crippen LogP) is 5.29. The van der Waals surface area contributed by atoms with E-state index in [4.69, 9.17) is 4.74 Å². The fourth-order valence-corrected chi connectivity index (χ4v) is 4.61. The van der Waals surface area contributed by atoms with Gasteiger partial charge in [-0.2, -0.15) is 4.98 Å². The Bertz CT molecular complexity index is 1270. The van der Waals surface area contributed by atoms with Crippen LogP contribution < -0.4 is 15.0 Å². The van der Waals surface area contributed by atoms with Crippen LogP contribution in [-0.4, -0.2) is 45.5 Å². The highest BCUT2D eigenvalue weighted by Crippen LogP contribution is 2.27. The number of aromatic nitrogens is 4. The van der Waals surface area contributed by atoms with E-state index >= 15 is 0 Å². The topological polar surface area (TPSA) is 93.1 Å². The minimum Gasteiger partial charge on any atom is -0.477 e. The first-order valence-electron chi connectivity index (χ1n) is 11.9. The van der Waals surface area contributed by atoms with Crippen molar-refractivity contribution >= 4 is 38.5 Å². The molecule has 0 saturated carbocycles. The minimum absolute atomic E-state index is 0.246. The Balaban J connectivity index is 1.56. The maximum Gasteiger partial charge on any atom is 0.276 e. The van der Waals surface area contributed by atoms with Crippen LogP contribution in [0.15, 0.2) is 48.7 Å². The number of ether oxygens (including phenoxy) is 1. The first kappa shape index (κ1) is 24.5. The van der Waals surface area contributed by atoms with Crippen LogP contribution in [-0.2, 0) is 6.42 Å². The molecule has 1 aromatic carbocycles. The quantitative estimate of drug-likeness (QED) is 0.305. The summed E-state index contributed by atoms with van der Waals surface area (Å²) in [5, 5.41) is 3.44. The van der Waals surface area contributed by atoms with Crippen molar-refractivity contribution in [2.24, 2.45) is 0 Å². The fraction of sp³-hybridized carbons (Fsp3) is 0.346. The number of hydrogen-bond acceptors (Lipinski definition) is 8. The van der Waals surface area contributed by atoms with Crippen molar-refractivity contribution < 1.29 is 9.53 Å². The van der Waals surface area contributed by atoms with Crippen LogP contribution in [0.4, 0.5) is 11.1 Å². The van der Waals surface area contributed by atoms with Gasteiger partial charge in [-0.3, -0.25) is 15.1 Å². The molecule has 0 unspecified atom stereocenters. The van der Waals surface area contributed by atoms with E-state index in [1.54, 1.807) is 12.3 Å². The number of amides is 1. The van der Waals surface area contributed by atoms with Crippen LogP contribution in [0.25, 0.3) is 10.2 Å². The molecule has 0 radical (unpaired) electrons. The molecule has 35 heavy (non-hydrogen) atoms. The normalized spacial score (nSPS) is 10.9. The second kappa shape index (κ2) is 11.7. The highest BCUT2D eigenvalue weighted by Gasteiger charge is 2.18. The lowest BCUT2D eigenvalue weighted by molar-refractivity contribution is 0.102. The van der Waals surface area contributed by atoms with Gasteiger partial charge in [0.2, 0.25) is 11.8 Å². The number of aryl methyl sites for hydroxylation is 1. The number of rotatable bonds is 11. The lowest BCUT2D eigenvalue weighted by atomic mass is 10.2. The number of benzene rings is 1. The molecule has 9 heteroatoms. The van der Waals surface area contributed by atoms with E-state index in [0.29, 0.717) is 30.0 Å². The van der Waals surface area contributed by atoms with Gasteiger partial charge in [0.1, 0.15) is 5.69 Å². The van der Waals surface area contributed by atoms with Crippen molar-refractivity contribution in [1.29, 1.82) is 0 Å². The van der Waals surface area contributed by atoms with E-state index in [-0.39, 0.29) is 11.6 Å². The van der Waals surface area contributed by atoms with Crippen LogP contribution in [0.3, 0.4) is 0 Å². The highest BCUT2D eigenvalue weighted by atomic mass is 32.1. The number of carbonyl (C=O) groups excluding carboxylic acids is 1. The molecule has 1 N–H and O–H groups in total. The summed E-state index contributed by atoms with van der Waals surface area (Å²) in [5.74, 6) is 0.522. The molecule has 0 saturated heterocycles. The number of hydrogen-bond donors (Lipinski definition) is 1. The third-order valence-electron chi connectivity index (χ3n) is 5.29. The molecule has 0 aliphatic carbocycles. The minimum atomic E-state index is -0.341. The second-order valence-electron chi connectivity index (χ2n) is 8.24. The van der Waals surface area contributed by atoms with E-state index in [9.17, 15) is 4.79 Å². The number of nitrogens with zero attached hydrogens (tertiary/aromatic N) is 5. The lowest BCUT2D eigenvalue weighted by Gasteiger charge is -2.22. The zero-order valence-corrected chi connectivity index (χ0v) is 21.1. The maximum atomic E-state index is 13.2. The lowest BCUT2D eigenvalue weighted by Crippen LogP contribution is -2.28. The Morgan fingerprint density at radius 2 is 1.89 bits per heavy atom. The zero-order chi connectivity index (χ0) is 24.6. The van der Waals surface area contributed by atoms with E-state index in [0.717, 1.165) is 47.4 Å². The maximum absolute atomic E-state index is 13.2. The van der Waals surface area contributed by atoms with Crippen molar-refractivity contribution in [3.05, 3.63) is 65.6 Å². The standard InChI is InChI=1S/C26H30N6O2S/c1-4-13-32(14-5-2)25-28-21(17-23(30-25)34-15-11-19-8-6-7-12-27-19)24(33)31-26-29-20-10-9-18(3)16-22(20)35-26/h6-10,12,16-17H,4-5,11,13-15H2,1-3H3,(H,29,31,33). The second-order valence-corrected chi connectivity index (χ2v) is 9.27. The summed E-state index contributed by atoms with van der Waals surface area (Å²) in [7, 11) is 0. The van der Waals surface area contributed by atoms with E-state index < -0.39 is 0 Å². The molecular weight excluding hydrogens is 460 g/mol. The molecule has 8 nitrogen and oxygen atoms in total. The molecule has 0 aliphatic rings. The van der Waals surface area contributed by atoms with E-state index in [2.05, 4.69) is 50.1 Å². The summed E-state index contributed by atoms with van der Waals surface area (Å²) in [6, 6.07) is 13.4. The fourth-order valence-electron chi connectivity index (χ4n) is 3.65. The van der Waals surface area contributed by atoms with Crippen LogP contribution in [0.5, 0.6) is 5.88 Å². The predicted molar refractivity (Wildman–Crippen MR) is 141 cm³/mol. The van der Waals surface area contributed by atoms with Gasteiger partial charge in [-0.15, -0.1) is 0 Å². The van der Waals surface area contributed by atoms with Gasteiger partial charge < -0.3 is 9.64 Å². The molecule has 0 spiro atoms. The average molecular weight is 491 g/mol. The van der Waals surface area contributed by atoms with Gasteiger partial charge in [-0.05, 0) is 49.6 Å². The van der Waals surface area contributed by atoms with Gasteiger partial charge >= 0.3 is 0 Å². The number of anilines is 2. The average Bonchev–Trinajstić information content (AvgIpc) is 3.25. The first-order chi connectivity index (χ1) is 17.1. The van der Waals surface area contributed by atoms with Gasteiger partial charge in [0.05, 0.1) is 16.8 Å². The third-order valence-corrected chi connectivity index (χ3v) is 6.23. The SMILES string of the molecule is CCCN(CCC)c1nc(OCCc2ccccn2)cc(C(=O)Nc2nc3ccc(C)cc3s2)n1. The van der Waals surface area contributed by atoms with E-state index in [1.165, 1.54) is 11.3 Å². The van der Waals surface area contributed by atoms with Gasteiger partial charge in [-0.25, -0.2) is 9.97 Å². The molecule has 0 aliphatic heterocycles. The number of thiazole rings is 1. The molecule has 4 aromatic rings. The van der Waals surface area contributed by atoms with Crippen molar-refractivity contribution in [2.45, 2.75) is 40.0 Å². The zero-order valence-electron chi connectivity index (χ0n) is 20.3. The Morgan fingerprint density at radius 3 is 2.63 bits per heavy atom. The number of fused-ring (bicyclic) bond motifs is 1. The van der Waals surface area contributed by atoms with Crippen molar-refractivity contribution in [3.63, 3.8) is 0 Å². The Labute approximate surface area is 209 Å². The Hall–Kier alpha value is -3.59. The van der Waals surface area contributed by atoms with Crippen molar-refractivity contribution in [1.82, 2.24) is 19.9 Å². The summed E-state index contributed by atoms with van der Waals surface area (Å²) in [5.41, 5.74) is 3.19. The molecule has 3 heterocycles. The van der Waals surface area contributed by atoms with Gasteiger partial charge in [0.15, 0.2) is 5.13 Å². The molecule has 182 valence electrons. The van der Waals surface area contributed by atoms with Crippen molar-refractivity contribution in [3.8, 4) is 5.88 Å². The molecule has 3 aromatic heterocycles. The Kier molecular flexibility index (Phi) is 8.20. The van der Waals surface area contributed by atoms with Crippen LogP contribution in [0.2, 0.25) is 0 Å². The number of carbonyl (C=O) groups is 1. The van der Waals surface area contributed by atoms with Gasteiger partial charge in [0, 0.05) is 37.5 Å². The Morgan fingerprint density at radius 1 is 1.06 bits per heavy atom. The smallest absolute Gasteiger partial charge is 0.276 e. The summed E-state index contributed by atoms with van der Waals surface area (Å²) in [6.07, 6.45) is 4.29. The summed E-state index contributed by atoms with van der Waals surface area (Å²) in [6.45, 7) is 8.24. The highest BCUT2D eigenvalue weighted by molar-refractivity contribution is 7.22. The molecular formula is C26H30N6O2S. The number of nitrogens with one attached hydrogen (secondary N) is 1. The van der Waals surface area contributed by atoms with Crippen molar-refractivity contribution in [2.75, 3.05) is 29.9 Å². The molecule has 0 bridgehead atoms. The van der Waals surface area contributed by atoms with Crippen LogP contribution >= 0.6 is 11.3 Å². The van der Waals surface area contributed by atoms with Crippen LogP contribution in [0, 0.1) is 6.92 Å².